The molecular formula is C15H16N2S. The van der Waals surface area contributed by atoms with Gasteiger partial charge in [-0.05, 0) is 37.2 Å². The van der Waals surface area contributed by atoms with E-state index in [1.165, 1.54) is 34.5 Å². The summed E-state index contributed by atoms with van der Waals surface area (Å²) >= 11 is 1.84. The van der Waals surface area contributed by atoms with Gasteiger partial charge in [0.2, 0.25) is 0 Å². The van der Waals surface area contributed by atoms with E-state index in [4.69, 9.17) is 10.7 Å². The van der Waals surface area contributed by atoms with Crippen LogP contribution < -0.4 is 5.73 Å². The van der Waals surface area contributed by atoms with Crippen LogP contribution >= 0.6 is 11.3 Å². The van der Waals surface area contributed by atoms with Gasteiger partial charge in [-0.15, -0.1) is 11.3 Å². The van der Waals surface area contributed by atoms with Crippen molar-refractivity contribution in [2.75, 3.05) is 0 Å². The molecule has 18 heavy (non-hydrogen) atoms. The van der Waals surface area contributed by atoms with Gasteiger partial charge in [0.15, 0.2) is 0 Å². The monoisotopic (exact) mass is 256 g/mol. The molecule has 92 valence electrons. The minimum atomic E-state index is 0.174. The fraction of sp³-hybridized carbons (Fsp3) is 0.400. The normalized spacial score (nSPS) is 19.2. The Morgan fingerprint density at radius 1 is 1.22 bits per heavy atom. The first kappa shape index (κ1) is 10.7. The van der Waals surface area contributed by atoms with Crippen LogP contribution in [0.3, 0.4) is 0 Å². The smallest absolute Gasteiger partial charge is 0.111 e. The molecule has 1 aromatic carbocycles. The van der Waals surface area contributed by atoms with Crippen LogP contribution in [-0.4, -0.2) is 4.98 Å². The molecule has 2 nitrogen and oxygen atoms in total. The lowest BCUT2D eigenvalue weighted by Gasteiger charge is -2.13. The van der Waals surface area contributed by atoms with E-state index < -0.39 is 0 Å². The molecule has 0 radical (unpaired) electrons. The highest BCUT2D eigenvalue weighted by molar-refractivity contribution is 7.12. The molecule has 1 heterocycles. The SMILES string of the molecule is NC(c1nc2c(s1)CCc1ccccc1-2)C1CC1. The van der Waals surface area contributed by atoms with Crippen molar-refractivity contribution in [2.24, 2.45) is 11.7 Å². The summed E-state index contributed by atoms with van der Waals surface area (Å²) in [6.07, 6.45) is 4.83. The summed E-state index contributed by atoms with van der Waals surface area (Å²) in [5, 5.41) is 1.15. The van der Waals surface area contributed by atoms with E-state index in [0.29, 0.717) is 5.92 Å². The van der Waals surface area contributed by atoms with Crippen LogP contribution in [-0.2, 0) is 12.8 Å². The van der Waals surface area contributed by atoms with Gasteiger partial charge < -0.3 is 5.73 Å². The maximum absolute atomic E-state index is 6.28. The quantitative estimate of drug-likeness (QED) is 0.895. The van der Waals surface area contributed by atoms with Crippen molar-refractivity contribution in [2.45, 2.75) is 31.7 Å². The molecule has 2 N–H and O–H groups in total. The average molecular weight is 256 g/mol. The van der Waals surface area contributed by atoms with Gasteiger partial charge in [-0.1, -0.05) is 24.3 Å². The van der Waals surface area contributed by atoms with Crippen molar-refractivity contribution in [1.29, 1.82) is 0 Å². The van der Waals surface area contributed by atoms with E-state index in [9.17, 15) is 0 Å². The van der Waals surface area contributed by atoms with E-state index in [2.05, 4.69) is 24.3 Å². The van der Waals surface area contributed by atoms with Crippen molar-refractivity contribution >= 4 is 11.3 Å². The fourth-order valence-corrected chi connectivity index (χ4v) is 3.94. The van der Waals surface area contributed by atoms with E-state index in [1.54, 1.807) is 0 Å². The number of nitrogens with two attached hydrogens (primary N) is 1. The van der Waals surface area contributed by atoms with Crippen LogP contribution in [0.15, 0.2) is 24.3 Å². The molecule has 1 saturated carbocycles. The van der Waals surface area contributed by atoms with Crippen LogP contribution in [0.25, 0.3) is 11.3 Å². The minimum absolute atomic E-state index is 0.174. The van der Waals surface area contributed by atoms with E-state index >= 15 is 0 Å². The second-order valence-electron chi connectivity index (χ2n) is 5.34. The molecule has 0 aliphatic heterocycles. The van der Waals surface area contributed by atoms with Crippen LogP contribution in [0.2, 0.25) is 0 Å². The Balaban J connectivity index is 1.79. The Bertz CT molecular complexity index is 598. The van der Waals surface area contributed by atoms with Gasteiger partial charge in [0.25, 0.3) is 0 Å². The van der Waals surface area contributed by atoms with Crippen molar-refractivity contribution in [1.82, 2.24) is 4.98 Å². The summed E-state index contributed by atoms with van der Waals surface area (Å²) in [6, 6.07) is 8.81. The first-order valence-electron chi connectivity index (χ1n) is 6.66. The summed E-state index contributed by atoms with van der Waals surface area (Å²) < 4.78 is 0. The first-order chi connectivity index (χ1) is 8.83. The lowest BCUT2D eigenvalue weighted by Crippen LogP contribution is -2.11. The van der Waals surface area contributed by atoms with E-state index in [-0.39, 0.29) is 6.04 Å². The fourth-order valence-electron chi connectivity index (χ4n) is 2.77. The van der Waals surface area contributed by atoms with E-state index in [1.807, 2.05) is 11.3 Å². The number of rotatable bonds is 2. The van der Waals surface area contributed by atoms with Crippen LogP contribution in [0.5, 0.6) is 0 Å². The number of hydrogen-bond acceptors (Lipinski definition) is 3. The molecule has 1 aromatic heterocycles. The third kappa shape index (κ3) is 1.62. The third-order valence-corrected chi connectivity index (χ3v) is 5.24. The molecule has 0 bridgehead atoms. The molecule has 2 aromatic rings. The van der Waals surface area contributed by atoms with Crippen LogP contribution in [0.1, 0.15) is 34.3 Å². The molecule has 1 unspecified atom stereocenters. The van der Waals surface area contributed by atoms with Crippen molar-refractivity contribution in [3.05, 3.63) is 39.7 Å². The average Bonchev–Trinajstić information content (AvgIpc) is 3.16. The summed E-state index contributed by atoms with van der Waals surface area (Å²) in [5.41, 5.74) is 10.2. The second kappa shape index (κ2) is 3.90. The van der Waals surface area contributed by atoms with Gasteiger partial charge in [0.05, 0.1) is 11.7 Å². The van der Waals surface area contributed by atoms with Gasteiger partial charge in [-0.25, -0.2) is 4.98 Å². The van der Waals surface area contributed by atoms with Gasteiger partial charge in [-0.3, -0.25) is 0 Å². The maximum atomic E-state index is 6.28. The molecule has 2 aliphatic carbocycles. The largest absolute Gasteiger partial charge is 0.322 e. The summed E-state index contributed by atoms with van der Waals surface area (Å²) in [6.45, 7) is 0. The Kier molecular flexibility index (Phi) is 2.32. The number of aromatic nitrogens is 1. The highest BCUT2D eigenvalue weighted by Gasteiger charge is 2.32. The van der Waals surface area contributed by atoms with Crippen molar-refractivity contribution in [3.8, 4) is 11.3 Å². The van der Waals surface area contributed by atoms with Crippen molar-refractivity contribution < 1.29 is 0 Å². The zero-order valence-electron chi connectivity index (χ0n) is 10.2. The molecule has 0 saturated heterocycles. The topological polar surface area (TPSA) is 38.9 Å². The standard InChI is InChI=1S/C15H16N2S/c16-13(10-5-6-10)15-17-14-11-4-2-1-3-9(11)7-8-12(14)18-15/h1-4,10,13H,5-8,16H2. The van der Waals surface area contributed by atoms with Crippen LogP contribution in [0, 0.1) is 5.92 Å². The first-order valence-corrected chi connectivity index (χ1v) is 7.48. The van der Waals surface area contributed by atoms with Gasteiger partial charge in [0.1, 0.15) is 5.01 Å². The number of benzene rings is 1. The molecule has 0 spiro atoms. The molecule has 2 aliphatic rings. The van der Waals surface area contributed by atoms with Crippen molar-refractivity contribution in [3.63, 3.8) is 0 Å². The Labute approximate surface area is 111 Å². The summed E-state index contributed by atoms with van der Waals surface area (Å²) in [7, 11) is 0. The number of nitrogens with zero attached hydrogens (tertiary/aromatic N) is 1. The van der Waals surface area contributed by atoms with E-state index in [0.717, 1.165) is 17.8 Å². The summed E-state index contributed by atoms with van der Waals surface area (Å²) in [5.74, 6) is 0.688. The Hall–Kier alpha value is -1.19. The molecule has 4 rings (SSSR count). The zero-order chi connectivity index (χ0) is 12.1. The highest BCUT2D eigenvalue weighted by Crippen LogP contribution is 2.43. The molecule has 0 amide bonds. The minimum Gasteiger partial charge on any atom is -0.322 e. The number of fused-ring (bicyclic) bond motifs is 3. The van der Waals surface area contributed by atoms with Gasteiger partial charge >= 0.3 is 0 Å². The Morgan fingerprint density at radius 3 is 2.89 bits per heavy atom. The summed E-state index contributed by atoms with van der Waals surface area (Å²) in [4.78, 5) is 6.28. The predicted molar refractivity (Wildman–Crippen MR) is 74.6 cm³/mol. The maximum Gasteiger partial charge on any atom is 0.111 e. The lowest BCUT2D eigenvalue weighted by molar-refractivity contribution is 0.629. The molecule has 3 heteroatoms. The van der Waals surface area contributed by atoms with Gasteiger partial charge in [0, 0.05) is 10.4 Å². The highest BCUT2D eigenvalue weighted by atomic mass is 32.1. The second-order valence-corrected chi connectivity index (χ2v) is 6.46. The molecular weight excluding hydrogens is 240 g/mol. The lowest BCUT2D eigenvalue weighted by atomic mass is 9.94. The molecule has 1 atom stereocenters. The van der Waals surface area contributed by atoms with Crippen LogP contribution in [0.4, 0.5) is 0 Å². The Morgan fingerprint density at radius 2 is 2.06 bits per heavy atom. The molecule has 1 fully saturated rings. The number of thiazole rings is 1. The third-order valence-electron chi connectivity index (χ3n) is 4.02. The predicted octanol–water partition coefficient (Wildman–Crippen LogP) is 3.32. The number of hydrogen-bond donors (Lipinski definition) is 1. The van der Waals surface area contributed by atoms with Gasteiger partial charge in [-0.2, -0.15) is 0 Å². The number of aryl methyl sites for hydroxylation is 2. The zero-order valence-corrected chi connectivity index (χ0v) is 11.0.